The molecule has 0 unspecified atom stereocenters. The number of halogens is 1. The molecule has 1 amide bonds. The first-order valence-corrected chi connectivity index (χ1v) is 6.81. The van der Waals surface area contributed by atoms with E-state index in [9.17, 15) is 14.0 Å². The van der Waals surface area contributed by atoms with Crippen LogP contribution in [0, 0.1) is 5.82 Å². The van der Waals surface area contributed by atoms with Gasteiger partial charge in [0.25, 0.3) is 0 Å². The van der Waals surface area contributed by atoms with Crippen molar-refractivity contribution in [3.05, 3.63) is 35.7 Å². The Bertz CT molecular complexity index is 557. The van der Waals surface area contributed by atoms with Crippen LogP contribution in [0.25, 0.3) is 6.08 Å². The second kappa shape index (κ2) is 8.81. The standard InChI is InChI=1S/C16H20FNO4/c1-18(10-4-5-16(20)22-3)15(19)9-7-12-6-8-14(21-2)13(17)11-12/h6-9,11H,4-5,10H2,1-3H3/b9-7-. The highest BCUT2D eigenvalue weighted by Gasteiger charge is 2.07. The molecule has 0 bridgehead atoms. The average molecular weight is 309 g/mol. The Hall–Kier alpha value is -2.37. The van der Waals surface area contributed by atoms with E-state index in [0.29, 0.717) is 18.5 Å². The number of esters is 1. The molecule has 0 aliphatic carbocycles. The number of methoxy groups -OCH3 is 2. The molecule has 0 fully saturated rings. The SMILES string of the molecule is COC(=O)CCCN(C)C(=O)/C=C\c1ccc(OC)c(F)c1. The van der Waals surface area contributed by atoms with Crippen molar-refractivity contribution in [3.8, 4) is 5.75 Å². The van der Waals surface area contributed by atoms with Crippen molar-refractivity contribution in [1.29, 1.82) is 0 Å². The fraction of sp³-hybridized carbons (Fsp3) is 0.375. The summed E-state index contributed by atoms with van der Waals surface area (Å²) in [5, 5.41) is 0. The molecule has 0 aliphatic heterocycles. The third kappa shape index (κ3) is 5.55. The first kappa shape index (κ1) is 17.7. The van der Waals surface area contributed by atoms with Gasteiger partial charge in [-0.05, 0) is 30.2 Å². The van der Waals surface area contributed by atoms with E-state index in [-0.39, 0.29) is 24.0 Å². The van der Waals surface area contributed by atoms with E-state index in [4.69, 9.17) is 4.74 Å². The van der Waals surface area contributed by atoms with Crippen LogP contribution in [0.15, 0.2) is 24.3 Å². The molecule has 0 N–H and O–H groups in total. The van der Waals surface area contributed by atoms with Gasteiger partial charge in [-0.2, -0.15) is 0 Å². The summed E-state index contributed by atoms with van der Waals surface area (Å²) in [5.74, 6) is -0.849. The summed E-state index contributed by atoms with van der Waals surface area (Å²) in [5.41, 5.74) is 0.564. The normalized spacial score (nSPS) is 10.5. The van der Waals surface area contributed by atoms with Gasteiger partial charge < -0.3 is 14.4 Å². The highest BCUT2D eigenvalue weighted by molar-refractivity contribution is 5.91. The Morgan fingerprint density at radius 3 is 2.64 bits per heavy atom. The lowest BCUT2D eigenvalue weighted by Gasteiger charge is -2.14. The fourth-order valence-electron chi connectivity index (χ4n) is 1.75. The minimum atomic E-state index is -0.483. The molecule has 1 aromatic carbocycles. The van der Waals surface area contributed by atoms with E-state index >= 15 is 0 Å². The monoisotopic (exact) mass is 309 g/mol. The molecule has 0 heterocycles. The molecular weight excluding hydrogens is 289 g/mol. The van der Waals surface area contributed by atoms with Gasteiger partial charge in [-0.25, -0.2) is 4.39 Å². The minimum absolute atomic E-state index is 0.156. The summed E-state index contributed by atoms with van der Waals surface area (Å²) >= 11 is 0. The zero-order valence-electron chi connectivity index (χ0n) is 13.0. The van der Waals surface area contributed by atoms with Gasteiger partial charge in [-0.3, -0.25) is 9.59 Å². The lowest BCUT2D eigenvalue weighted by Crippen LogP contribution is -2.26. The van der Waals surface area contributed by atoms with Crippen LogP contribution in [0.5, 0.6) is 5.75 Å². The third-order valence-electron chi connectivity index (χ3n) is 3.07. The smallest absolute Gasteiger partial charge is 0.305 e. The zero-order valence-corrected chi connectivity index (χ0v) is 13.0. The third-order valence-corrected chi connectivity index (χ3v) is 3.07. The lowest BCUT2D eigenvalue weighted by molar-refractivity contribution is -0.141. The molecule has 0 atom stereocenters. The van der Waals surface area contributed by atoms with Gasteiger partial charge in [0.05, 0.1) is 14.2 Å². The van der Waals surface area contributed by atoms with Crippen molar-refractivity contribution in [2.75, 3.05) is 27.8 Å². The van der Waals surface area contributed by atoms with Gasteiger partial charge in [0, 0.05) is 26.1 Å². The molecule has 0 aliphatic rings. The van der Waals surface area contributed by atoms with Crippen LogP contribution in [0.3, 0.4) is 0 Å². The molecule has 0 aromatic heterocycles. The van der Waals surface area contributed by atoms with Crippen LogP contribution in [0.2, 0.25) is 0 Å². The number of carbonyl (C=O) groups excluding carboxylic acids is 2. The molecular formula is C16H20FNO4. The van der Waals surface area contributed by atoms with E-state index < -0.39 is 5.82 Å². The second-order valence-corrected chi connectivity index (χ2v) is 4.67. The highest BCUT2D eigenvalue weighted by Crippen LogP contribution is 2.18. The van der Waals surface area contributed by atoms with Crippen molar-refractivity contribution in [2.45, 2.75) is 12.8 Å². The zero-order chi connectivity index (χ0) is 16.5. The molecule has 1 aromatic rings. The molecule has 22 heavy (non-hydrogen) atoms. The van der Waals surface area contributed by atoms with Crippen LogP contribution in [0.4, 0.5) is 4.39 Å². The van der Waals surface area contributed by atoms with E-state index in [0.717, 1.165) is 0 Å². The van der Waals surface area contributed by atoms with Gasteiger partial charge in [-0.1, -0.05) is 6.07 Å². The highest BCUT2D eigenvalue weighted by atomic mass is 19.1. The van der Waals surface area contributed by atoms with Gasteiger partial charge >= 0.3 is 5.97 Å². The topological polar surface area (TPSA) is 55.8 Å². The second-order valence-electron chi connectivity index (χ2n) is 4.67. The van der Waals surface area contributed by atoms with E-state index in [1.807, 2.05) is 0 Å². The molecule has 0 saturated carbocycles. The van der Waals surface area contributed by atoms with Crippen LogP contribution in [0.1, 0.15) is 18.4 Å². The fourth-order valence-corrected chi connectivity index (χ4v) is 1.75. The molecule has 0 radical (unpaired) electrons. The maximum Gasteiger partial charge on any atom is 0.305 e. The predicted molar refractivity (Wildman–Crippen MR) is 80.9 cm³/mol. The molecule has 0 spiro atoms. The van der Waals surface area contributed by atoms with Gasteiger partial charge in [0.1, 0.15) is 0 Å². The maximum absolute atomic E-state index is 13.5. The first-order chi connectivity index (χ1) is 10.5. The van der Waals surface area contributed by atoms with Crippen molar-refractivity contribution < 1.29 is 23.5 Å². The Morgan fingerprint density at radius 1 is 1.32 bits per heavy atom. The van der Waals surface area contributed by atoms with Crippen LogP contribution < -0.4 is 4.74 Å². The van der Waals surface area contributed by atoms with Crippen molar-refractivity contribution in [2.24, 2.45) is 0 Å². The molecule has 0 saturated heterocycles. The van der Waals surface area contributed by atoms with E-state index in [2.05, 4.69) is 4.74 Å². The van der Waals surface area contributed by atoms with Crippen molar-refractivity contribution in [3.63, 3.8) is 0 Å². The summed E-state index contributed by atoms with van der Waals surface area (Å²) in [6.45, 7) is 0.440. The summed E-state index contributed by atoms with van der Waals surface area (Å²) in [6.07, 6.45) is 3.68. The maximum atomic E-state index is 13.5. The molecule has 5 nitrogen and oxygen atoms in total. The largest absolute Gasteiger partial charge is 0.494 e. The molecule has 6 heteroatoms. The van der Waals surface area contributed by atoms with Crippen LogP contribution in [-0.2, 0) is 14.3 Å². The number of benzene rings is 1. The molecule has 1 rings (SSSR count). The minimum Gasteiger partial charge on any atom is -0.494 e. The molecule has 120 valence electrons. The number of ether oxygens (including phenoxy) is 2. The Morgan fingerprint density at radius 2 is 2.05 bits per heavy atom. The quantitative estimate of drug-likeness (QED) is 0.573. The Kier molecular flexibility index (Phi) is 7.08. The summed E-state index contributed by atoms with van der Waals surface area (Å²) < 4.78 is 22.9. The lowest BCUT2D eigenvalue weighted by atomic mass is 10.2. The van der Waals surface area contributed by atoms with E-state index in [1.165, 1.54) is 43.4 Å². The van der Waals surface area contributed by atoms with Crippen molar-refractivity contribution in [1.82, 2.24) is 4.90 Å². The number of carbonyl (C=O) groups is 2. The van der Waals surface area contributed by atoms with Gasteiger partial charge in [0.15, 0.2) is 11.6 Å². The number of likely N-dealkylation sites (N-methyl/N-ethyl adjacent to an activating group) is 1. The first-order valence-electron chi connectivity index (χ1n) is 6.81. The van der Waals surface area contributed by atoms with E-state index in [1.54, 1.807) is 13.1 Å². The number of rotatable bonds is 7. The summed E-state index contributed by atoms with van der Waals surface area (Å²) in [7, 11) is 4.35. The summed E-state index contributed by atoms with van der Waals surface area (Å²) in [6, 6.07) is 4.45. The average Bonchev–Trinajstić information content (AvgIpc) is 2.52. The van der Waals surface area contributed by atoms with Crippen LogP contribution in [-0.4, -0.2) is 44.6 Å². The van der Waals surface area contributed by atoms with Gasteiger partial charge in [-0.15, -0.1) is 0 Å². The number of hydrogen-bond acceptors (Lipinski definition) is 4. The Balaban J connectivity index is 2.52. The van der Waals surface area contributed by atoms with Crippen molar-refractivity contribution >= 4 is 18.0 Å². The van der Waals surface area contributed by atoms with Crippen LogP contribution >= 0.6 is 0 Å². The summed E-state index contributed by atoms with van der Waals surface area (Å²) in [4.78, 5) is 24.3. The number of nitrogens with zero attached hydrogens (tertiary/aromatic N) is 1. The number of amides is 1. The van der Waals surface area contributed by atoms with Gasteiger partial charge in [0.2, 0.25) is 5.91 Å². The predicted octanol–water partition coefficient (Wildman–Crippen LogP) is 2.26. The number of hydrogen-bond donors (Lipinski definition) is 0. The Labute approximate surface area is 129 Å².